The molecule has 3 atom stereocenters. The van der Waals surface area contributed by atoms with E-state index < -0.39 is 11.1 Å². The van der Waals surface area contributed by atoms with E-state index >= 15 is 0 Å². The Bertz CT molecular complexity index is 1040. The maximum absolute atomic E-state index is 11.1. The highest BCUT2D eigenvalue weighted by atomic mass is 32.2. The lowest BCUT2D eigenvalue weighted by Crippen LogP contribution is -2.46. The fourth-order valence-electron chi connectivity index (χ4n) is 3.87. The first-order chi connectivity index (χ1) is 14.9. The zero-order valence-corrected chi connectivity index (χ0v) is 18.8. The van der Waals surface area contributed by atoms with Gasteiger partial charge in [-0.25, -0.2) is 4.21 Å². The molecule has 10 nitrogen and oxygen atoms in total. The highest BCUT2D eigenvalue weighted by molar-refractivity contribution is 7.79. The van der Waals surface area contributed by atoms with E-state index in [0.717, 1.165) is 30.6 Å². The van der Waals surface area contributed by atoms with Crippen LogP contribution >= 0.6 is 0 Å². The first-order valence-corrected chi connectivity index (χ1v) is 11.8. The highest BCUT2D eigenvalue weighted by Gasteiger charge is 2.28. The number of pyridine rings is 1. The summed E-state index contributed by atoms with van der Waals surface area (Å²) in [6, 6.07) is 4.09. The normalized spacial score (nSPS) is 20.9. The number of likely N-dealkylation sites (tertiary alicyclic amines) is 1. The van der Waals surface area contributed by atoms with Crippen molar-refractivity contribution in [3.8, 4) is 17.0 Å². The molecule has 4 rings (SSSR count). The van der Waals surface area contributed by atoms with E-state index in [9.17, 15) is 4.21 Å². The number of hydrogen-bond donors (Lipinski definition) is 3. The molecule has 11 heteroatoms. The van der Waals surface area contributed by atoms with Gasteiger partial charge in [0, 0.05) is 36.5 Å². The summed E-state index contributed by atoms with van der Waals surface area (Å²) >= 11 is -1.80. The summed E-state index contributed by atoms with van der Waals surface area (Å²) < 4.78 is 28.1. The molecule has 4 heterocycles. The average Bonchev–Trinajstić information content (AvgIpc) is 3.37. The monoisotopic (exact) mass is 447 g/mol. The number of aromatic amines is 1. The molecule has 0 aromatic carbocycles. The Morgan fingerprint density at radius 2 is 2.26 bits per heavy atom. The lowest BCUT2D eigenvalue weighted by Gasteiger charge is -2.36. The highest BCUT2D eigenvalue weighted by Crippen LogP contribution is 2.31. The van der Waals surface area contributed by atoms with E-state index in [-0.39, 0.29) is 11.9 Å². The van der Waals surface area contributed by atoms with Crippen molar-refractivity contribution >= 4 is 22.7 Å². The fraction of sp³-hybridized carbons (Fsp3) is 0.550. The molecule has 0 bridgehead atoms. The van der Waals surface area contributed by atoms with Gasteiger partial charge in [0.2, 0.25) is 11.8 Å². The standard InChI is InChI=1S/C20H29N7O3S/c1-13(2)11-30-19-16(15-8-21-22-9-15)4-5-18-24-20(25-27(18)19)23-17-6-7-26(10-14(17)3)12-31(28)29/h4-5,8-9,13-14,17H,6-7,10-12H2,1-3H3,(H,21,22)(H,23,25)(H,28,29)/t14-,17+/m1/s1. The van der Waals surface area contributed by atoms with Crippen LogP contribution in [0.2, 0.25) is 0 Å². The predicted molar refractivity (Wildman–Crippen MR) is 119 cm³/mol. The molecule has 1 saturated heterocycles. The average molecular weight is 448 g/mol. The van der Waals surface area contributed by atoms with Crippen molar-refractivity contribution in [2.24, 2.45) is 11.8 Å². The topological polar surface area (TPSA) is 121 Å². The van der Waals surface area contributed by atoms with E-state index in [2.05, 4.69) is 41.3 Å². The molecular formula is C20H29N7O3S. The Hall–Kier alpha value is -2.50. The van der Waals surface area contributed by atoms with Crippen molar-refractivity contribution in [3.05, 3.63) is 24.5 Å². The molecule has 0 amide bonds. The minimum Gasteiger partial charge on any atom is -0.477 e. The van der Waals surface area contributed by atoms with Crippen LogP contribution in [0.25, 0.3) is 16.8 Å². The number of ether oxygens (including phenoxy) is 1. The second-order valence-electron chi connectivity index (χ2n) is 8.49. The van der Waals surface area contributed by atoms with Crippen molar-refractivity contribution < 1.29 is 13.5 Å². The van der Waals surface area contributed by atoms with Gasteiger partial charge in [0.05, 0.1) is 12.8 Å². The molecule has 1 fully saturated rings. The quantitative estimate of drug-likeness (QED) is 0.450. The molecule has 1 unspecified atom stereocenters. The van der Waals surface area contributed by atoms with Crippen LogP contribution < -0.4 is 10.1 Å². The second kappa shape index (κ2) is 9.33. The van der Waals surface area contributed by atoms with Crippen LogP contribution in [0.15, 0.2) is 24.5 Å². The molecule has 31 heavy (non-hydrogen) atoms. The van der Waals surface area contributed by atoms with Gasteiger partial charge in [0.1, 0.15) is 5.88 Å². The summed E-state index contributed by atoms with van der Waals surface area (Å²) in [5, 5.41) is 15.1. The van der Waals surface area contributed by atoms with Gasteiger partial charge in [0.25, 0.3) is 0 Å². The van der Waals surface area contributed by atoms with Crippen LogP contribution in [0.1, 0.15) is 27.2 Å². The number of piperidine rings is 1. The molecule has 3 aromatic rings. The van der Waals surface area contributed by atoms with Crippen molar-refractivity contribution in [1.82, 2.24) is 29.7 Å². The van der Waals surface area contributed by atoms with E-state index in [1.165, 1.54) is 0 Å². The summed E-state index contributed by atoms with van der Waals surface area (Å²) in [6.07, 6.45) is 4.44. The predicted octanol–water partition coefficient (Wildman–Crippen LogP) is 2.46. The zero-order valence-electron chi connectivity index (χ0n) is 18.0. The Labute approximate surface area is 183 Å². The van der Waals surface area contributed by atoms with Crippen LogP contribution in [0.4, 0.5) is 5.95 Å². The lowest BCUT2D eigenvalue weighted by atomic mass is 9.94. The first kappa shape index (κ1) is 21.7. The van der Waals surface area contributed by atoms with Crippen molar-refractivity contribution in [1.29, 1.82) is 0 Å². The van der Waals surface area contributed by atoms with Crippen molar-refractivity contribution in [3.63, 3.8) is 0 Å². The SMILES string of the molecule is CC(C)COc1c(-c2cn[nH]c2)ccc2nc(N[C@H]3CCN(CS(=O)O)C[C@H]3C)nn12. The Morgan fingerprint density at radius 1 is 1.42 bits per heavy atom. The number of aromatic nitrogens is 5. The number of anilines is 1. The van der Waals surface area contributed by atoms with Crippen molar-refractivity contribution in [2.75, 3.05) is 30.9 Å². The third kappa shape index (κ3) is 5.05. The van der Waals surface area contributed by atoms with Crippen LogP contribution in [0.5, 0.6) is 5.88 Å². The van der Waals surface area contributed by atoms with E-state index in [4.69, 9.17) is 14.4 Å². The molecule has 168 valence electrons. The number of rotatable bonds is 8. The van der Waals surface area contributed by atoms with Crippen LogP contribution in [0.3, 0.4) is 0 Å². The number of fused-ring (bicyclic) bond motifs is 1. The lowest BCUT2D eigenvalue weighted by molar-refractivity contribution is 0.194. The van der Waals surface area contributed by atoms with Crippen LogP contribution in [-0.4, -0.2) is 70.1 Å². The molecule has 0 saturated carbocycles. The first-order valence-electron chi connectivity index (χ1n) is 10.5. The molecule has 0 aliphatic carbocycles. The largest absolute Gasteiger partial charge is 0.477 e. The van der Waals surface area contributed by atoms with Gasteiger partial charge in [-0.3, -0.25) is 10.00 Å². The molecule has 0 spiro atoms. The van der Waals surface area contributed by atoms with Gasteiger partial charge < -0.3 is 14.6 Å². The molecule has 3 N–H and O–H groups in total. The van der Waals surface area contributed by atoms with Crippen LogP contribution in [0, 0.1) is 11.8 Å². The van der Waals surface area contributed by atoms with Gasteiger partial charge >= 0.3 is 0 Å². The third-order valence-electron chi connectivity index (χ3n) is 5.41. The van der Waals surface area contributed by atoms with Gasteiger partial charge in [-0.1, -0.05) is 20.8 Å². The van der Waals surface area contributed by atoms with E-state index in [1.54, 1.807) is 10.7 Å². The molecule has 0 radical (unpaired) electrons. The maximum Gasteiger partial charge on any atom is 0.243 e. The van der Waals surface area contributed by atoms with Gasteiger partial charge in [0.15, 0.2) is 16.7 Å². The number of nitrogens with one attached hydrogen (secondary N) is 2. The molecule has 1 aliphatic heterocycles. The smallest absolute Gasteiger partial charge is 0.243 e. The van der Waals surface area contributed by atoms with Gasteiger partial charge in [-0.2, -0.15) is 14.6 Å². The maximum atomic E-state index is 11.1. The Balaban J connectivity index is 1.57. The number of H-pyrrole nitrogens is 1. The Morgan fingerprint density at radius 3 is 2.94 bits per heavy atom. The molecule has 1 aliphatic rings. The fourth-order valence-corrected chi connectivity index (χ4v) is 4.42. The summed E-state index contributed by atoms with van der Waals surface area (Å²) in [7, 11) is 0. The third-order valence-corrected chi connectivity index (χ3v) is 6.00. The Kier molecular flexibility index (Phi) is 6.54. The van der Waals surface area contributed by atoms with E-state index in [1.807, 2.05) is 23.2 Å². The zero-order chi connectivity index (χ0) is 22.0. The summed E-state index contributed by atoms with van der Waals surface area (Å²) in [6.45, 7) is 8.42. The number of nitrogens with zero attached hydrogens (tertiary/aromatic N) is 5. The van der Waals surface area contributed by atoms with Crippen LogP contribution in [-0.2, 0) is 11.1 Å². The van der Waals surface area contributed by atoms with Crippen molar-refractivity contribution in [2.45, 2.75) is 33.2 Å². The minimum absolute atomic E-state index is 0.189. The summed E-state index contributed by atoms with van der Waals surface area (Å²) in [5.74, 6) is 2.04. The number of hydrogen-bond acceptors (Lipinski definition) is 7. The van der Waals surface area contributed by atoms with Gasteiger partial charge in [-0.05, 0) is 30.4 Å². The molecule has 3 aromatic heterocycles. The summed E-state index contributed by atoms with van der Waals surface area (Å²) in [4.78, 5) is 6.67. The summed E-state index contributed by atoms with van der Waals surface area (Å²) in [5.41, 5.74) is 2.53. The van der Waals surface area contributed by atoms with Gasteiger partial charge in [-0.15, -0.1) is 5.10 Å². The minimum atomic E-state index is -1.80. The van der Waals surface area contributed by atoms with E-state index in [0.29, 0.717) is 35.9 Å². The molecular weight excluding hydrogens is 418 g/mol. The second-order valence-corrected chi connectivity index (χ2v) is 9.39.